The maximum Gasteiger partial charge on any atom is 0.224 e. The first kappa shape index (κ1) is 16.9. The molecule has 0 radical (unpaired) electrons. The van der Waals surface area contributed by atoms with E-state index in [0.717, 1.165) is 22.7 Å². The number of ether oxygens (including phenoxy) is 1. The van der Waals surface area contributed by atoms with Gasteiger partial charge in [0.25, 0.3) is 0 Å². The van der Waals surface area contributed by atoms with Crippen molar-refractivity contribution in [1.29, 1.82) is 0 Å². The van der Waals surface area contributed by atoms with Crippen molar-refractivity contribution < 1.29 is 9.53 Å². The second-order valence-corrected chi connectivity index (χ2v) is 5.68. The van der Waals surface area contributed by atoms with Crippen molar-refractivity contribution in [3.8, 4) is 5.75 Å². The summed E-state index contributed by atoms with van der Waals surface area (Å²) in [7, 11) is 3.92. The summed E-state index contributed by atoms with van der Waals surface area (Å²) >= 11 is 0. The van der Waals surface area contributed by atoms with E-state index in [1.54, 1.807) is 0 Å². The van der Waals surface area contributed by atoms with Crippen molar-refractivity contribution >= 4 is 17.3 Å². The molecule has 4 nitrogen and oxygen atoms in total. The minimum Gasteiger partial charge on any atom is -0.493 e. The van der Waals surface area contributed by atoms with Crippen LogP contribution < -0.4 is 15.0 Å². The molecule has 2 aromatic rings. The zero-order valence-electron chi connectivity index (χ0n) is 14.0. The Hall–Kier alpha value is -2.49. The summed E-state index contributed by atoms with van der Waals surface area (Å²) < 4.78 is 5.71. The predicted octanol–water partition coefficient (Wildman–Crippen LogP) is 3.86. The molecule has 0 aliphatic carbocycles. The molecule has 0 unspecified atom stereocenters. The minimum atomic E-state index is 0.00711. The zero-order chi connectivity index (χ0) is 16.7. The molecule has 0 atom stereocenters. The van der Waals surface area contributed by atoms with E-state index >= 15 is 0 Å². The van der Waals surface area contributed by atoms with Crippen LogP contribution in [0.5, 0.6) is 5.75 Å². The minimum absolute atomic E-state index is 0.00711. The topological polar surface area (TPSA) is 41.6 Å². The van der Waals surface area contributed by atoms with Crippen LogP contribution in [-0.2, 0) is 4.79 Å². The van der Waals surface area contributed by atoms with Gasteiger partial charge in [-0.2, -0.15) is 0 Å². The lowest BCUT2D eigenvalue weighted by Gasteiger charge is -2.17. The maximum absolute atomic E-state index is 12.1. The van der Waals surface area contributed by atoms with Crippen molar-refractivity contribution in [3.63, 3.8) is 0 Å². The molecule has 0 aromatic heterocycles. The Morgan fingerprint density at radius 3 is 2.52 bits per heavy atom. The number of nitrogens with zero attached hydrogens (tertiary/aromatic N) is 1. The third-order valence-electron chi connectivity index (χ3n) is 3.56. The number of hydrogen-bond donors (Lipinski definition) is 1. The Morgan fingerprint density at radius 2 is 1.78 bits per heavy atom. The van der Waals surface area contributed by atoms with Crippen LogP contribution in [0.4, 0.5) is 11.4 Å². The largest absolute Gasteiger partial charge is 0.493 e. The van der Waals surface area contributed by atoms with Crippen LogP contribution in [0.25, 0.3) is 0 Å². The highest BCUT2D eigenvalue weighted by atomic mass is 16.5. The Balaban J connectivity index is 1.79. The van der Waals surface area contributed by atoms with E-state index in [-0.39, 0.29) is 5.91 Å². The van der Waals surface area contributed by atoms with E-state index in [0.29, 0.717) is 19.4 Å². The number of carbonyl (C=O) groups excluding carboxylic acids is 1. The number of carbonyl (C=O) groups is 1. The molecule has 0 aliphatic heterocycles. The van der Waals surface area contributed by atoms with E-state index in [1.165, 1.54) is 0 Å². The van der Waals surface area contributed by atoms with Gasteiger partial charge in [0, 0.05) is 20.5 Å². The van der Waals surface area contributed by atoms with Crippen molar-refractivity contribution in [2.24, 2.45) is 0 Å². The molecule has 0 aliphatic rings. The first-order valence-corrected chi connectivity index (χ1v) is 7.82. The summed E-state index contributed by atoms with van der Waals surface area (Å²) in [6.45, 7) is 2.55. The van der Waals surface area contributed by atoms with Crippen molar-refractivity contribution in [2.75, 3.05) is 30.9 Å². The maximum atomic E-state index is 12.1. The van der Waals surface area contributed by atoms with Crippen LogP contribution in [0.2, 0.25) is 0 Å². The van der Waals surface area contributed by atoms with Crippen LogP contribution in [0.3, 0.4) is 0 Å². The number of benzene rings is 2. The lowest BCUT2D eigenvalue weighted by Crippen LogP contribution is -2.17. The Labute approximate surface area is 138 Å². The van der Waals surface area contributed by atoms with Gasteiger partial charge in [0.05, 0.1) is 18.0 Å². The van der Waals surface area contributed by atoms with Crippen molar-refractivity contribution in [2.45, 2.75) is 19.8 Å². The molecule has 0 fully saturated rings. The summed E-state index contributed by atoms with van der Waals surface area (Å²) in [5.74, 6) is 0.888. The van der Waals surface area contributed by atoms with E-state index in [9.17, 15) is 4.79 Å². The fourth-order valence-corrected chi connectivity index (χ4v) is 2.32. The Kier molecular flexibility index (Phi) is 6.03. The predicted molar refractivity (Wildman–Crippen MR) is 95.3 cm³/mol. The molecular formula is C19H24N2O2. The molecule has 0 bridgehead atoms. The van der Waals surface area contributed by atoms with Gasteiger partial charge in [-0.3, -0.25) is 4.79 Å². The van der Waals surface area contributed by atoms with E-state index in [1.807, 2.05) is 74.4 Å². The van der Waals surface area contributed by atoms with Crippen LogP contribution in [0, 0.1) is 6.92 Å². The Morgan fingerprint density at radius 1 is 1.09 bits per heavy atom. The molecular weight excluding hydrogens is 288 g/mol. The third-order valence-corrected chi connectivity index (χ3v) is 3.56. The van der Waals surface area contributed by atoms with Crippen LogP contribution in [0.1, 0.15) is 18.4 Å². The molecule has 122 valence electrons. The van der Waals surface area contributed by atoms with E-state index in [4.69, 9.17) is 4.74 Å². The smallest absolute Gasteiger partial charge is 0.224 e. The summed E-state index contributed by atoms with van der Waals surface area (Å²) in [5, 5.41) is 2.97. The highest BCUT2D eigenvalue weighted by Gasteiger charge is 2.08. The molecule has 0 saturated heterocycles. The number of rotatable bonds is 7. The normalized spacial score (nSPS) is 10.2. The number of aryl methyl sites for hydroxylation is 1. The van der Waals surface area contributed by atoms with Gasteiger partial charge in [0.2, 0.25) is 5.91 Å². The fourth-order valence-electron chi connectivity index (χ4n) is 2.32. The average Bonchev–Trinajstić information content (AvgIpc) is 2.53. The first-order valence-electron chi connectivity index (χ1n) is 7.82. The number of para-hydroxylation sites is 3. The van der Waals surface area contributed by atoms with Gasteiger partial charge in [-0.25, -0.2) is 0 Å². The van der Waals surface area contributed by atoms with Gasteiger partial charge >= 0.3 is 0 Å². The quantitative estimate of drug-likeness (QED) is 0.789. The van der Waals surface area contributed by atoms with Gasteiger partial charge in [0.15, 0.2) is 0 Å². The van der Waals surface area contributed by atoms with Crippen LogP contribution in [0.15, 0.2) is 48.5 Å². The summed E-state index contributed by atoms with van der Waals surface area (Å²) in [5.41, 5.74) is 2.94. The lowest BCUT2D eigenvalue weighted by atomic mass is 10.2. The van der Waals surface area contributed by atoms with Crippen molar-refractivity contribution in [3.05, 3.63) is 54.1 Å². The molecule has 23 heavy (non-hydrogen) atoms. The monoisotopic (exact) mass is 312 g/mol. The standard InChI is InChI=1S/C19H24N2O2/c1-15-9-4-7-12-18(15)23-14-8-13-19(22)20-16-10-5-6-11-17(16)21(2)3/h4-7,9-12H,8,13-14H2,1-3H3,(H,20,22). The van der Waals surface area contributed by atoms with Gasteiger partial charge in [-0.15, -0.1) is 0 Å². The zero-order valence-corrected chi connectivity index (χ0v) is 14.0. The number of amides is 1. The molecule has 0 saturated carbocycles. The molecule has 4 heteroatoms. The highest BCUT2D eigenvalue weighted by molar-refractivity contribution is 5.94. The number of nitrogens with one attached hydrogen (secondary N) is 1. The molecule has 2 rings (SSSR count). The lowest BCUT2D eigenvalue weighted by molar-refractivity contribution is -0.116. The third kappa shape index (κ3) is 5.02. The van der Waals surface area contributed by atoms with Gasteiger partial charge < -0.3 is 15.0 Å². The second kappa shape index (κ2) is 8.22. The fraction of sp³-hybridized carbons (Fsp3) is 0.316. The highest BCUT2D eigenvalue weighted by Crippen LogP contribution is 2.23. The Bertz CT molecular complexity index is 653. The summed E-state index contributed by atoms with van der Waals surface area (Å²) in [6.07, 6.45) is 1.12. The molecule has 0 heterocycles. The molecule has 2 aromatic carbocycles. The van der Waals surface area contributed by atoms with Crippen molar-refractivity contribution in [1.82, 2.24) is 0 Å². The van der Waals surface area contributed by atoms with E-state index in [2.05, 4.69) is 5.32 Å². The first-order chi connectivity index (χ1) is 11.1. The average molecular weight is 312 g/mol. The number of hydrogen-bond acceptors (Lipinski definition) is 3. The molecule has 1 N–H and O–H groups in total. The number of anilines is 2. The SMILES string of the molecule is Cc1ccccc1OCCCC(=O)Nc1ccccc1N(C)C. The van der Waals surface area contributed by atoms with Crippen LogP contribution >= 0.6 is 0 Å². The van der Waals surface area contributed by atoms with Gasteiger partial charge in [0.1, 0.15) is 5.75 Å². The summed E-state index contributed by atoms with van der Waals surface area (Å²) in [6, 6.07) is 15.7. The van der Waals surface area contributed by atoms with Gasteiger partial charge in [-0.1, -0.05) is 30.3 Å². The second-order valence-electron chi connectivity index (χ2n) is 5.68. The van der Waals surface area contributed by atoms with Gasteiger partial charge in [-0.05, 0) is 37.1 Å². The molecule has 1 amide bonds. The summed E-state index contributed by atoms with van der Waals surface area (Å²) in [4.78, 5) is 14.1. The van der Waals surface area contributed by atoms with Crippen LogP contribution in [-0.4, -0.2) is 26.6 Å². The van der Waals surface area contributed by atoms with E-state index < -0.39 is 0 Å². The molecule has 0 spiro atoms.